The first kappa shape index (κ1) is 17.9. The molecule has 0 aromatic heterocycles. The first-order valence-electron chi connectivity index (χ1n) is 9.34. The first-order valence-corrected chi connectivity index (χ1v) is 9.34. The lowest BCUT2D eigenvalue weighted by molar-refractivity contribution is -0.138. The van der Waals surface area contributed by atoms with Crippen LogP contribution in [0, 0.1) is 11.7 Å². The van der Waals surface area contributed by atoms with Crippen LogP contribution < -0.4 is 0 Å². The fourth-order valence-electron chi connectivity index (χ4n) is 4.06. The molecule has 25 heavy (non-hydrogen) atoms. The summed E-state index contributed by atoms with van der Waals surface area (Å²) in [6.07, 6.45) is 4.71. The number of nitrogens with zero attached hydrogens (tertiary/aromatic N) is 2. The van der Waals surface area contributed by atoms with Crippen LogP contribution in [-0.2, 0) is 16.0 Å². The third-order valence-corrected chi connectivity index (χ3v) is 5.30. The van der Waals surface area contributed by atoms with Crippen LogP contribution in [0.2, 0.25) is 0 Å². The lowest BCUT2D eigenvalue weighted by atomic mass is 9.96. The van der Waals surface area contributed by atoms with Crippen molar-refractivity contribution in [2.24, 2.45) is 5.92 Å². The molecule has 0 radical (unpaired) electrons. The number of amides is 2. The summed E-state index contributed by atoms with van der Waals surface area (Å²) in [5.41, 5.74) is 0.930. The maximum absolute atomic E-state index is 13.3. The van der Waals surface area contributed by atoms with Gasteiger partial charge in [-0.25, -0.2) is 4.39 Å². The van der Waals surface area contributed by atoms with Crippen molar-refractivity contribution in [3.63, 3.8) is 0 Å². The van der Waals surface area contributed by atoms with E-state index in [1.54, 1.807) is 6.07 Å². The first-order chi connectivity index (χ1) is 12.0. The van der Waals surface area contributed by atoms with Crippen LogP contribution in [0.4, 0.5) is 4.39 Å². The molecule has 3 rings (SSSR count). The lowest BCUT2D eigenvalue weighted by Crippen LogP contribution is -2.50. The number of halogens is 1. The Bertz CT molecular complexity index is 634. The van der Waals surface area contributed by atoms with E-state index < -0.39 is 0 Å². The van der Waals surface area contributed by atoms with Gasteiger partial charge in [-0.3, -0.25) is 9.59 Å². The van der Waals surface area contributed by atoms with Crippen LogP contribution in [0.25, 0.3) is 0 Å². The number of benzene rings is 1. The third kappa shape index (κ3) is 4.59. The van der Waals surface area contributed by atoms with Crippen LogP contribution in [0.1, 0.15) is 44.6 Å². The fourth-order valence-corrected chi connectivity index (χ4v) is 4.06. The Hall–Kier alpha value is -1.91. The fraction of sp³-hybridized carbons (Fsp3) is 0.600. The number of piperidine rings is 1. The number of likely N-dealkylation sites (tertiary alicyclic amines) is 2. The molecule has 2 aliphatic rings. The molecule has 2 aliphatic heterocycles. The predicted octanol–water partition coefficient (Wildman–Crippen LogP) is 3.01. The molecule has 0 bridgehead atoms. The number of hydrogen-bond donors (Lipinski definition) is 0. The van der Waals surface area contributed by atoms with Crippen molar-refractivity contribution >= 4 is 11.8 Å². The summed E-state index contributed by atoms with van der Waals surface area (Å²) < 4.78 is 13.3. The highest BCUT2D eigenvalue weighted by Gasteiger charge is 2.32. The van der Waals surface area contributed by atoms with Gasteiger partial charge in [-0.1, -0.05) is 19.1 Å². The molecule has 0 saturated carbocycles. The van der Waals surface area contributed by atoms with E-state index in [9.17, 15) is 14.0 Å². The Morgan fingerprint density at radius 3 is 2.88 bits per heavy atom. The summed E-state index contributed by atoms with van der Waals surface area (Å²) in [5.74, 6) is 0.326. The molecule has 0 aliphatic carbocycles. The molecule has 2 amide bonds. The van der Waals surface area contributed by atoms with Crippen LogP contribution in [0.15, 0.2) is 24.3 Å². The van der Waals surface area contributed by atoms with Crippen molar-refractivity contribution in [1.29, 1.82) is 0 Å². The quantitative estimate of drug-likeness (QED) is 0.822. The molecule has 0 unspecified atom stereocenters. The van der Waals surface area contributed by atoms with Gasteiger partial charge >= 0.3 is 0 Å². The summed E-state index contributed by atoms with van der Waals surface area (Å²) in [7, 11) is 0. The summed E-state index contributed by atoms with van der Waals surface area (Å²) >= 11 is 0. The van der Waals surface area contributed by atoms with E-state index in [1.807, 2.05) is 22.8 Å². The highest BCUT2D eigenvalue weighted by molar-refractivity contribution is 5.79. The van der Waals surface area contributed by atoms with Crippen molar-refractivity contribution in [2.75, 3.05) is 19.6 Å². The molecule has 0 N–H and O–H groups in total. The second-order valence-electron chi connectivity index (χ2n) is 7.47. The van der Waals surface area contributed by atoms with Gasteiger partial charge in [0.25, 0.3) is 0 Å². The topological polar surface area (TPSA) is 40.6 Å². The Kier molecular flexibility index (Phi) is 5.71. The zero-order valence-electron chi connectivity index (χ0n) is 14.9. The smallest absolute Gasteiger partial charge is 0.222 e. The third-order valence-electron chi connectivity index (χ3n) is 5.30. The van der Waals surface area contributed by atoms with E-state index in [2.05, 4.69) is 0 Å². The molecule has 1 aromatic carbocycles. The molecule has 2 atom stereocenters. The maximum Gasteiger partial charge on any atom is 0.222 e. The Balaban J connectivity index is 1.52. The standard InChI is InChI=1S/C20H27FN2O2/c1-15(11-16-5-2-6-17(21)13-16)12-20(25)22-9-3-7-18(14-22)23-10-4-8-19(23)24/h2,5-6,13,15,18H,3-4,7-12,14H2,1H3/t15-,18+/m1/s1. The van der Waals surface area contributed by atoms with Crippen LogP contribution >= 0.6 is 0 Å². The SMILES string of the molecule is C[C@@H](CC(=O)N1CCC[C@H](N2CCCC2=O)C1)Cc1cccc(F)c1. The van der Waals surface area contributed by atoms with E-state index >= 15 is 0 Å². The molecular formula is C20H27FN2O2. The average Bonchev–Trinajstić information content (AvgIpc) is 3.01. The maximum atomic E-state index is 13.3. The van der Waals surface area contributed by atoms with Gasteiger partial charge < -0.3 is 9.80 Å². The van der Waals surface area contributed by atoms with E-state index in [4.69, 9.17) is 0 Å². The second kappa shape index (κ2) is 7.98. The number of carbonyl (C=O) groups excluding carboxylic acids is 2. The average molecular weight is 346 g/mol. The van der Waals surface area contributed by atoms with Gasteiger partial charge in [0.2, 0.25) is 11.8 Å². The van der Waals surface area contributed by atoms with Crippen LogP contribution in [0.5, 0.6) is 0 Å². The molecule has 2 saturated heterocycles. The molecule has 2 heterocycles. The normalized spacial score (nSPS) is 22.3. The van der Waals surface area contributed by atoms with E-state index in [-0.39, 0.29) is 29.6 Å². The van der Waals surface area contributed by atoms with Crippen LogP contribution in [-0.4, -0.2) is 47.3 Å². The summed E-state index contributed by atoms with van der Waals surface area (Å²) in [6, 6.07) is 6.77. The van der Waals surface area contributed by atoms with Crippen molar-refractivity contribution in [3.8, 4) is 0 Å². The van der Waals surface area contributed by atoms with Gasteiger partial charge in [0, 0.05) is 38.5 Å². The van der Waals surface area contributed by atoms with Crippen molar-refractivity contribution in [1.82, 2.24) is 9.80 Å². The lowest BCUT2D eigenvalue weighted by Gasteiger charge is -2.38. The van der Waals surface area contributed by atoms with E-state index in [0.717, 1.165) is 37.9 Å². The van der Waals surface area contributed by atoms with Gasteiger partial charge in [-0.2, -0.15) is 0 Å². The minimum absolute atomic E-state index is 0.153. The molecular weight excluding hydrogens is 319 g/mol. The number of carbonyl (C=O) groups is 2. The zero-order chi connectivity index (χ0) is 17.8. The molecule has 1 aromatic rings. The van der Waals surface area contributed by atoms with Gasteiger partial charge in [0.05, 0.1) is 0 Å². The van der Waals surface area contributed by atoms with Crippen molar-refractivity contribution in [3.05, 3.63) is 35.6 Å². The van der Waals surface area contributed by atoms with E-state index in [1.165, 1.54) is 12.1 Å². The Labute approximate surface area is 149 Å². The summed E-state index contributed by atoms with van der Waals surface area (Å²) in [5, 5.41) is 0. The highest BCUT2D eigenvalue weighted by Crippen LogP contribution is 2.23. The highest BCUT2D eigenvalue weighted by atomic mass is 19.1. The summed E-state index contributed by atoms with van der Waals surface area (Å²) in [6.45, 7) is 4.32. The van der Waals surface area contributed by atoms with Crippen molar-refractivity contribution < 1.29 is 14.0 Å². The van der Waals surface area contributed by atoms with E-state index in [0.29, 0.717) is 25.8 Å². The van der Waals surface area contributed by atoms with Gasteiger partial charge in [0.1, 0.15) is 5.82 Å². The van der Waals surface area contributed by atoms with Gasteiger partial charge in [-0.05, 0) is 49.3 Å². The van der Waals surface area contributed by atoms with Crippen molar-refractivity contribution in [2.45, 2.75) is 51.5 Å². The molecule has 2 fully saturated rings. The molecule has 0 spiro atoms. The minimum Gasteiger partial charge on any atom is -0.341 e. The largest absolute Gasteiger partial charge is 0.341 e. The molecule has 136 valence electrons. The van der Waals surface area contributed by atoms with Gasteiger partial charge in [-0.15, -0.1) is 0 Å². The summed E-state index contributed by atoms with van der Waals surface area (Å²) in [4.78, 5) is 28.5. The zero-order valence-corrected chi connectivity index (χ0v) is 14.9. The monoisotopic (exact) mass is 346 g/mol. The molecule has 5 heteroatoms. The Morgan fingerprint density at radius 2 is 2.16 bits per heavy atom. The number of rotatable bonds is 5. The molecule has 4 nitrogen and oxygen atoms in total. The minimum atomic E-state index is -0.231. The Morgan fingerprint density at radius 1 is 1.32 bits per heavy atom. The van der Waals surface area contributed by atoms with Crippen LogP contribution in [0.3, 0.4) is 0 Å². The van der Waals surface area contributed by atoms with Gasteiger partial charge in [0.15, 0.2) is 0 Å². The number of hydrogen-bond acceptors (Lipinski definition) is 2. The second-order valence-corrected chi connectivity index (χ2v) is 7.47. The predicted molar refractivity (Wildman–Crippen MR) is 94.4 cm³/mol.